The van der Waals surface area contributed by atoms with Gasteiger partial charge in [0.2, 0.25) is 0 Å². The number of pyridine rings is 1. The van der Waals surface area contributed by atoms with E-state index in [0.717, 1.165) is 16.8 Å². The van der Waals surface area contributed by atoms with E-state index in [1.165, 1.54) is 0 Å². The fourth-order valence-corrected chi connectivity index (χ4v) is 1.75. The summed E-state index contributed by atoms with van der Waals surface area (Å²) in [6.45, 7) is 1.96. The van der Waals surface area contributed by atoms with Crippen molar-refractivity contribution in [2.24, 2.45) is 7.05 Å². The first-order chi connectivity index (χ1) is 7.09. The van der Waals surface area contributed by atoms with Crippen LogP contribution in [0.4, 0.5) is 5.82 Å². The quantitative estimate of drug-likeness (QED) is 0.803. The number of nitrogens with zero attached hydrogens (tertiary/aromatic N) is 3. The molecule has 0 atom stereocenters. The molecule has 2 N–H and O–H groups in total. The van der Waals surface area contributed by atoms with Gasteiger partial charge in [-0.3, -0.25) is 4.68 Å². The summed E-state index contributed by atoms with van der Waals surface area (Å²) < 4.78 is 1.69. The van der Waals surface area contributed by atoms with Crippen LogP contribution in [0, 0.1) is 6.92 Å². The van der Waals surface area contributed by atoms with Gasteiger partial charge in [0, 0.05) is 18.8 Å². The van der Waals surface area contributed by atoms with Crippen LogP contribution in [0.1, 0.15) is 5.56 Å². The first-order valence-corrected chi connectivity index (χ1v) is 4.87. The number of anilines is 1. The van der Waals surface area contributed by atoms with E-state index >= 15 is 0 Å². The standard InChI is InChI=1S/C10H11ClN4/c1-6-3-7(10(12)13-4-6)9-8(11)5-14-15(9)2/h3-5H,1-2H3,(H2,12,13). The molecule has 15 heavy (non-hydrogen) atoms. The first kappa shape index (κ1) is 9.98. The normalized spacial score (nSPS) is 10.6. The monoisotopic (exact) mass is 222 g/mol. The van der Waals surface area contributed by atoms with Gasteiger partial charge in [0.25, 0.3) is 0 Å². The highest BCUT2D eigenvalue weighted by atomic mass is 35.5. The lowest BCUT2D eigenvalue weighted by molar-refractivity contribution is 0.775. The molecule has 2 rings (SSSR count). The number of aryl methyl sites for hydroxylation is 2. The molecule has 5 heteroatoms. The van der Waals surface area contributed by atoms with E-state index in [0.29, 0.717) is 10.8 Å². The maximum Gasteiger partial charge on any atom is 0.132 e. The molecule has 0 aromatic carbocycles. The Balaban J connectivity index is 2.68. The fraction of sp³-hybridized carbons (Fsp3) is 0.200. The number of nitrogen functional groups attached to an aromatic ring is 1. The van der Waals surface area contributed by atoms with E-state index in [2.05, 4.69) is 10.1 Å². The number of rotatable bonds is 1. The zero-order valence-corrected chi connectivity index (χ0v) is 9.28. The lowest BCUT2D eigenvalue weighted by atomic mass is 10.1. The van der Waals surface area contributed by atoms with Crippen molar-refractivity contribution in [1.82, 2.24) is 14.8 Å². The number of hydrogen-bond donors (Lipinski definition) is 1. The van der Waals surface area contributed by atoms with Gasteiger partial charge < -0.3 is 5.73 Å². The average molecular weight is 223 g/mol. The Morgan fingerprint density at radius 2 is 2.13 bits per heavy atom. The summed E-state index contributed by atoms with van der Waals surface area (Å²) in [5.41, 5.74) is 8.46. The van der Waals surface area contributed by atoms with Crippen LogP contribution >= 0.6 is 11.6 Å². The summed E-state index contributed by atoms with van der Waals surface area (Å²) in [6.07, 6.45) is 3.32. The topological polar surface area (TPSA) is 56.7 Å². The van der Waals surface area contributed by atoms with Gasteiger partial charge in [-0.25, -0.2) is 4.98 Å². The highest BCUT2D eigenvalue weighted by Gasteiger charge is 2.12. The third-order valence-electron chi connectivity index (χ3n) is 2.20. The van der Waals surface area contributed by atoms with Crippen LogP contribution in [0.25, 0.3) is 11.3 Å². The number of hydrogen-bond acceptors (Lipinski definition) is 3. The van der Waals surface area contributed by atoms with Crippen LogP contribution in [-0.2, 0) is 7.05 Å². The van der Waals surface area contributed by atoms with Crippen LogP contribution in [0.5, 0.6) is 0 Å². The molecule has 2 aromatic heterocycles. The maximum absolute atomic E-state index is 6.04. The summed E-state index contributed by atoms with van der Waals surface area (Å²) >= 11 is 6.04. The van der Waals surface area contributed by atoms with Crippen LogP contribution in [0.3, 0.4) is 0 Å². The SMILES string of the molecule is Cc1cnc(N)c(-c2c(Cl)cnn2C)c1. The van der Waals surface area contributed by atoms with E-state index in [1.807, 2.05) is 20.0 Å². The van der Waals surface area contributed by atoms with E-state index in [1.54, 1.807) is 17.1 Å². The molecule has 0 aliphatic heterocycles. The second-order valence-corrected chi connectivity index (χ2v) is 3.82. The Morgan fingerprint density at radius 1 is 1.40 bits per heavy atom. The fourth-order valence-electron chi connectivity index (χ4n) is 1.48. The van der Waals surface area contributed by atoms with Crippen molar-refractivity contribution in [1.29, 1.82) is 0 Å². The Labute approximate surface area is 92.7 Å². The van der Waals surface area contributed by atoms with Crippen LogP contribution in [0.2, 0.25) is 5.02 Å². The number of halogens is 1. The molecular formula is C10H11ClN4. The molecular weight excluding hydrogens is 212 g/mol. The van der Waals surface area contributed by atoms with Gasteiger partial charge in [-0.15, -0.1) is 0 Å². The first-order valence-electron chi connectivity index (χ1n) is 4.49. The second-order valence-electron chi connectivity index (χ2n) is 3.41. The summed E-state index contributed by atoms with van der Waals surface area (Å²) in [5, 5.41) is 4.64. The summed E-state index contributed by atoms with van der Waals surface area (Å²) in [7, 11) is 1.82. The van der Waals surface area contributed by atoms with Crippen molar-refractivity contribution in [3.63, 3.8) is 0 Å². The zero-order chi connectivity index (χ0) is 11.0. The van der Waals surface area contributed by atoms with Crippen LogP contribution in [0.15, 0.2) is 18.5 Å². The molecule has 0 aliphatic carbocycles. The van der Waals surface area contributed by atoms with Crippen LogP contribution in [-0.4, -0.2) is 14.8 Å². The number of nitrogens with two attached hydrogens (primary N) is 1. The molecule has 0 unspecified atom stereocenters. The molecule has 0 radical (unpaired) electrons. The van der Waals surface area contributed by atoms with Crippen molar-refractivity contribution in [3.05, 3.63) is 29.0 Å². The van der Waals surface area contributed by atoms with Gasteiger partial charge in [0.1, 0.15) is 5.82 Å². The molecule has 0 bridgehead atoms. The Morgan fingerprint density at radius 3 is 2.73 bits per heavy atom. The predicted octanol–water partition coefficient (Wildman–Crippen LogP) is 2.03. The van der Waals surface area contributed by atoms with Crippen molar-refractivity contribution in [2.45, 2.75) is 6.92 Å². The molecule has 2 aromatic rings. The van der Waals surface area contributed by atoms with Crippen molar-refractivity contribution < 1.29 is 0 Å². The molecule has 2 heterocycles. The highest BCUT2D eigenvalue weighted by Crippen LogP contribution is 2.30. The van der Waals surface area contributed by atoms with E-state index in [9.17, 15) is 0 Å². The van der Waals surface area contributed by atoms with Crippen LogP contribution < -0.4 is 5.73 Å². The zero-order valence-electron chi connectivity index (χ0n) is 8.53. The van der Waals surface area contributed by atoms with Gasteiger partial charge in [-0.1, -0.05) is 11.6 Å². The Hall–Kier alpha value is -1.55. The average Bonchev–Trinajstić information content (AvgIpc) is 2.51. The third-order valence-corrected chi connectivity index (χ3v) is 2.48. The van der Waals surface area contributed by atoms with Gasteiger partial charge in [-0.05, 0) is 18.6 Å². The summed E-state index contributed by atoms with van der Waals surface area (Å²) in [5.74, 6) is 0.464. The van der Waals surface area contributed by atoms with Gasteiger partial charge in [-0.2, -0.15) is 5.10 Å². The largest absolute Gasteiger partial charge is 0.383 e. The molecule has 0 saturated carbocycles. The maximum atomic E-state index is 6.04. The second kappa shape index (κ2) is 3.55. The minimum atomic E-state index is 0.464. The number of aromatic nitrogens is 3. The molecule has 78 valence electrons. The Bertz CT molecular complexity index is 485. The lowest BCUT2D eigenvalue weighted by Gasteiger charge is -2.06. The highest BCUT2D eigenvalue weighted by molar-refractivity contribution is 6.33. The van der Waals surface area contributed by atoms with Crippen molar-refractivity contribution in [3.8, 4) is 11.3 Å². The van der Waals surface area contributed by atoms with E-state index < -0.39 is 0 Å². The van der Waals surface area contributed by atoms with Crippen molar-refractivity contribution >= 4 is 17.4 Å². The smallest absolute Gasteiger partial charge is 0.132 e. The third kappa shape index (κ3) is 1.68. The van der Waals surface area contributed by atoms with Crippen molar-refractivity contribution in [2.75, 3.05) is 5.73 Å². The predicted molar refractivity (Wildman–Crippen MR) is 60.6 cm³/mol. The minimum absolute atomic E-state index is 0.464. The summed E-state index contributed by atoms with van der Waals surface area (Å²) in [6, 6.07) is 1.95. The molecule has 0 fully saturated rings. The van der Waals surface area contributed by atoms with Gasteiger partial charge in [0.15, 0.2) is 0 Å². The summed E-state index contributed by atoms with van der Waals surface area (Å²) in [4.78, 5) is 4.09. The molecule has 0 aliphatic rings. The van der Waals surface area contributed by atoms with Gasteiger partial charge in [0.05, 0.1) is 16.9 Å². The van der Waals surface area contributed by atoms with E-state index in [-0.39, 0.29) is 0 Å². The molecule has 0 amide bonds. The lowest BCUT2D eigenvalue weighted by Crippen LogP contribution is -1.99. The van der Waals surface area contributed by atoms with E-state index in [4.69, 9.17) is 17.3 Å². The molecule has 0 spiro atoms. The molecule has 4 nitrogen and oxygen atoms in total. The van der Waals surface area contributed by atoms with Gasteiger partial charge >= 0.3 is 0 Å². The molecule has 0 saturated heterocycles. The minimum Gasteiger partial charge on any atom is -0.383 e. The Kier molecular flexibility index (Phi) is 2.36.